The van der Waals surface area contributed by atoms with Gasteiger partial charge in [0.2, 0.25) is 5.91 Å². The molecule has 1 saturated heterocycles. The van der Waals surface area contributed by atoms with Gasteiger partial charge in [-0.15, -0.1) is 0 Å². The van der Waals surface area contributed by atoms with E-state index in [4.69, 9.17) is 5.11 Å². The molecular formula is C22H25N3O4. The Bertz CT molecular complexity index is 887. The summed E-state index contributed by atoms with van der Waals surface area (Å²) in [4.78, 5) is 39.3. The summed E-state index contributed by atoms with van der Waals surface area (Å²) in [5, 5.41) is 11.8. The van der Waals surface area contributed by atoms with Gasteiger partial charge in [-0.1, -0.05) is 24.3 Å². The Morgan fingerprint density at radius 3 is 2.24 bits per heavy atom. The molecule has 0 bridgehead atoms. The van der Waals surface area contributed by atoms with Crippen molar-refractivity contribution in [3.63, 3.8) is 0 Å². The molecule has 1 aliphatic heterocycles. The number of aromatic carboxylic acids is 1. The molecule has 2 aromatic carbocycles. The van der Waals surface area contributed by atoms with Crippen LogP contribution in [0.1, 0.15) is 27.9 Å². The summed E-state index contributed by atoms with van der Waals surface area (Å²) in [7, 11) is 0. The summed E-state index contributed by atoms with van der Waals surface area (Å²) in [6.45, 7) is 3.99. The molecule has 3 amide bonds. The number of hydrogen-bond donors (Lipinski definition) is 2. The van der Waals surface area contributed by atoms with Crippen LogP contribution in [0.5, 0.6) is 0 Å². The van der Waals surface area contributed by atoms with Gasteiger partial charge in [0, 0.05) is 38.3 Å². The van der Waals surface area contributed by atoms with Crippen LogP contribution < -0.4 is 5.32 Å². The largest absolute Gasteiger partial charge is 0.478 e. The zero-order valence-corrected chi connectivity index (χ0v) is 16.4. The van der Waals surface area contributed by atoms with Crippen LogP contribution in [-0.2, 0) is 11.2 Å². The van der Waals surface area contributed by atoms with E-state index in [-0.39, 0.29) is 17.5 Å². The first kappa shape index (κ1) is 20.4. The molecule has 7 heteroatoms. The minimum Gasteiger partial charge on any atom is -0.478 e. The van der Waals surface area contributed by atoms with E-state index in [9.17, 15) is 14.4 Å². The molecule has 1 heterocycles. The van der Waals surface area contributed by atoms with Gasteiger partial charge in [0.1, 0.15) is 0 Å². The van der Waals surface area contributed by atoms with Crippen molar-refractivity contribution < 1.29 is 19.5 Å². The van der Waals surface area contributed by atoms with Gasteiger partial charge in [0.05, 0.1) is 5.56 Å². The molecule has 0 saturated carbocycles. The van der Waals surface area contributed by atoms with E-state index in [1.165, 1.54) is 0 Å². The highest BCUT2D eigenvalue weighted by Gasteiger charge is 2.24. The number of carboxylic acids is 1. The van der Waals surface area contributed by atoms with Gasteiger partial charge in [0.15, 0.2) is 0 Å². The SMILES string of the molecule is Cc1cccc(NC(=O)N2CCN(C(=O)CCc3ccc(C(=O)O)cc3)CC2)c1. The van der Waals surface area contributed by atoms with Crippen LogP contribution in [0.15, 0.2) is 48.5 Å². The number of urea groups is 1. The van der Waals surface area contributed by atoms with E-state index in [0.29, 0.717) is 39.0 Å². The number of carbonyl (C=O) groups is 3. The van der Waals surface area contributed by atoms with E-state index >= 15 is 0 Å². The standard InChI is InChI=1S/C22H25N3O4/c1-16-3-2-4-19(15-16)23-22(29)25-13-11-24(12-14-25)20(26)10-7-17-5-8-18(9-6-17)21(27)28/h2-6,8-9,15H,7,10-14H2,1H3,(H,23,29)(H,27,28). The molecule has 0 unspecified atom stereocenters. The predicted molar refractivity (Wildman–Crippen MR) is 110 cm³/mol. The molecule has 0 spiro atoms. The van der Waals surface area contributed by atoms with E-state index < -0.39 is 5.97 Å². The van der Waals surface area contributed by atoms with Crippen molar-refractivity contribution in [3.8, 4) is 0 Å². The first-order valence-corrected chi connectivity index (χ1v) is 9.65. The molecule has 0 aliphatic carbocycles. The minimum absolute atomic E-state index is 0.0473. The Hall–Kier alpha value is -3.35. The lowest BCUT2D eigenvalue weighted by atomic mass is 10.1. The zero-order valence-electron chi connectivity index (χ0n) is 16.4. The second kappa shape index (κ2) is 9.23. The van der Waals surface area contributed by atoms with Crippen LogP contribution in [0.3, 0.4) is 0 Å². The number of carbonyl (C=O) groups excluding carboxylic acids is 2. The summed E-state index contributed by atoms with van der Waals surface area (Å²) in [5.74, 6) is -0.914. The fourth-order valence-electron chi connectivity index (χ4n) is 3.31. The third kappa shape index (κ3) is 5.57. The van der Waals surface area contributed by atoms with Crippen LogP contribution in [0.4, 0.5) is 10.5 Å². The highest BCUT2D eigenvalue weighted by molar-refractivity contribution is 5.89. The average molecular weight is 395 g/mol. The Kier molecular flexibility index (Phi) is 6.49. The van der Waals surface area contributed by atoms with Gasteiger partial charge >= 0.3 is 12.0 Å². The molecule has 0 aromatic heterocycles. The number of piperazine rings is 1. The molecule has 2 aromatic rings. The van der Waals surface area contributed by atoms with Crippen LogP contribution in [0, 0.1) is 6.92 Å². The molecule has 1 aliphatic rings. The highest BCUT2D eigenvalue weighted by Crippen LogP contribution is 2.13. The first-order valence-electron chi connectivity index (χ1n) is 9.65. The maximum absolute atomic E-state index is 12.5. The molecule has 7 nitrogen and oxygen atoms in total. The van der Waals surface area contributed by atoms with Crippen LogP contribution in [-0.4, -0.2) is 59.0 Å². The van der Waals surface area contributed by atoms with Crippen LogP contribution in [0.2, 0.25) is 0 Å². The summed E-state index contributed by atoms with van der Waals surface area (Å²) >= 11 is 0. The predicted octanol–water partition coefficient (Wildman–Crippen LogP) is 3.00. The summed E-state index contributed by atoms with van der Waals surface area (Å²) in [5.41, 5.74) is 3.01. The van der Waals surface area contributed by atoms with Gasteiger partial charge in [-0.2, -0.15) is 0 Å². The molecule has 0 atom stereocenters. The Morgan fingerprint density at radius 2 is 1.62 bits per heavy atom. The lowest BCUT2D eigenvalue weighted by molar-refractivity contribution is -0.132. The van der Waals surface area contributed by atoms with Gasteiger partial charge in [0.25, 0.3) is 0 Å². The molecule has 29 heavy (non-hydrogen) atoms. The van der Waals surface area contributed by atoms with Crippen molar-refractivity contribution in [3.05, 3.63) is 65.2 Å². The smallest absolute Gasteiger partial charge is 0.335 e. The van der Waals surface area contributed by atoms with Crippen molar-refractivity contribution in [1.29, 1.82) is 0 Å². The molecule has 152 valence electrons. The average Bonchev–Trinajstić information content (AvgIpc) is 2.72. The highest BCUT2D eigenvalue weighted by atomic mass is 16.4. The normalized spacial score (nSPS) is 13.8. The van der Waals surface area contributed by atoms with Gasteiger partial charge < -0.3 is 20.2 Å². The number of aryl methyl sites for hydroxylation is 2. The lowest BCUT2D eigenvalue weighted by Gasteiger charge is -2.34. The number of hydrogen-bond acceptors (Lipinski definition) is 3. The third-order valence-electron chi connectivity index (χ3n) is 5.02. The van der Waals surface area contributed by atoms with Crippen molar-refractivity contribution in [2.24, 2.45) is 0 Å². The van der Waals surface area contributed by atoms with Crippen molar-refractivity contribution >= 4 is 23.6 Å². The minimum atomic E-state index is -0.961. The maximum Gasteiger partial charge on any atom is 0.335 e. The van der Waals surface area contributed by atoms with E-state index in [1.807, 2.05) is 31.2 Å². The Morgan fingerprint density at radius 1 is 0.966 bits per heavy atom. The van der Waals surface area contributed by atoms with Crippen molar-refractivity contribution in [1.82, 2.24) is 9.80 Å². The molecule has 2 N–H and O–H groups in total. The number of amides is 3. The number of nitrogens with one attached hydrogen (secondary N) is 1. The van der Waals surface area contributed by atoms with Crippen LogP contribution >= 0.6 is 0 Å². The molecule has 0 radical (unpaired) electrons. The fraction of sp³-hybridized carbons (Fsp3) is 0.318. The fourth-order valence-corrected chi connectivity index (χ4v) is 3.31. The number of benzene rings is 2. The number of carboxylic acid groups (broad SMARTS) is 1. The monoisotopic (exact) mass is 395 g/mol. The van der Waals surface area contributed by atoms with E-state index in [2.05, 4.69) is 5.32 Å². The van der Waals surface area contributed by atoms with E-state index in [0.717, 1.165) is 16.8 Å². The summed E-state index contributed by atoms with van der Waals surface area (Å²) in [6, 6.07) is 14.1. The van der Waals surface area contributed by atoms with Crippen molar-refractivity contribution in [2.45, 2.75) is 19.8 Å². The Balaban J connectivity index is 1.44. The van der Waals surface area contributed by atoms with Crippen LogP contribution in [0.25, 0.3) is 0 Å². The lowest BCUT2D eigenvalue weighted by Crippen LogP contribution is -2.51. The van der Waals surface area contributed by atoms with Gasteiger partial charge in [-0.25, -0.2) is 9.59 Å². The van der Waals surface area contributed by atoms with Gasteiger partial charge in [-0.3, -0.25) is 4.79 Å². The van der Waals surface area contributed by atoms with E-state index in [1.54, 1.807) is 34.1 Å². The second-order valence-electron chi connectivity index (χ2n) is 7.17. The molecule has 3 rings (SSSR count). The summed E-state index contributed by atoms with van der Waals surface area (Å²) < 4.78 is 0. The summed E-state index contributed by atoms with van der Waals surface area (Å²) in [6.07, 6.45) is 0.925. The second-order valence-corrected chi connectivity index (χ2v) is 7.17. The molecule has 1 fully saturated rings. The van der Waals surface area contributed by atoms with Gasteiger partial charge in [-0.05, 0) is 48.7 Å². The number of anilines is 1. The third-order valence-corrected chi connectivity index (χ3v) is 5.02. The molecular weight excluding hydrogens is 370 g/mol. The zero-order chi connectivity index (χ0) is 20.8. The first-order chi connectivity index (χ1) is 13.9. The quantitative estimate of drug-likeness (QED) is 0.814. The number of rotatable bonds is 5. The number of nitrogens with zero attached hydrogens (tertiary/aromatic N) is 2. The topological polar surface area (TPSA) is 90.0 Å². The maximum atomic E-state index is 12.5. The Labute approximate surface area is 169 Å². The van der Waals surface area contributed by atoms with Crippen molar-refractivity contribution in [2.75, 3.05) is 31.5 Å².